The quantitative estimate of drug-likeness (QED) is 0.471. The molecule has 0 aliphatic rings. The zero-order valence-corrected chi connectivity index (χ0v) is 18.1. The predicted octanol–water partition coefficient (Wildman–Crippen LogP) is 4.44. The highest BCUT2D eigenvalue weighted by Gasteiger charge is 2.23. The highest BCUT2D eigenvalue weighted by Crippen LogP contribution is 2.35. The third kappa shape index (κ3) is 4.32. The first kappa shape index (κ1) is 21.1. The van der Waals surface area contributed by atoms with E-state index in [1.807, 2.05) is 61.5 Å². The average molecular weight is 428 g/mol. The minimum atomic E-state index is -0.232. The lowest BCUT2D eigenvalue weighted by Crippen LogP contribution is -2.26. The van der Waals surface area contributed by atoms with Crippen molar-refractivity contribution in [2.75, 3.05) is 14.2 Å². The molecule has 4 rings (SSSR count). The summed E-state index contributed by atoms with van der Waals surface area (Å²) in [6.45, 7) is 1.93. The topological polar surface area (TPSA) is 78.3 Å². The van der Waals surface area contributed by atoms with Gasteiger partial charge < -0.3 is 14.8 Å². The van der Waals surface area contributed by atoms with Gasteiger partial charge >= 0.3 is 0 Å². The second-order valence-corrected chi connectivity index (χ2v) is 7.21. The third-order valence-electron chi connectivity index (χ3n) is 5.20. The predicted molar refractivity (Wildman–Crippen MR) is 122 cm³/mol. The number of carbonyl (C=O) groups excluding carboxylic acids is 1. The number of nitrogens with zero attached hydrogens (tertiary/aromatic N) is 3. The van der Waals surface area contributed by atoms with E-state index in [1.165, 1.54) is 0 Å². The van der Waals surface area contributed by atoms with Crippen LogP contribution >= 0.6 is 0 Å². The van der Waals surface area contributed by atoms with Crippen LogP contribution in [-0.4, -0.2) is 34.9 Å². The van der Waals surface area contributed by atoms with Gasteiger partial charge in [-0.05, 0) is 48.9 Å². The van der Waals surface area contributed by atoms with Crippen molar-refractivity contribution in [3.8, 4) is 28.4 Å². The Hall–Kier alpha value is -4.13. The summed E-state index contributed by atoms with van der Waals surface area (Å²) in [6, 6.07) is 18.7. The number of amides is 1. The number of ether oxygens (including phenoxy) is 2. The van der Waals surface area contributed by atoms with Gasteiger partial charge in [-0.2, -0.15) is 5.10 Å². The van der Waals surface area contributed by atoms with Crippen LogP contribution < -0.4 is 14.8 Å². The number of hydrogen-bond donors (Lipinski definition) is 1. The summed E-state index contributed by atoms with van der Waals surface area (Å²) in [4.78, 5) is 17.4. The smallest absolute Gasteiger partial charge is 0.255 e. The van der Waals surface area contributed by atoms with Crippen molar-refractivity contribution in [3.05, 3.63) is 90.4 Å². The summed E-state index contributed by atoms with van der Waals surface area (Å²) in [5, 5.41) is 7.80. The second kappa shape index (κ2) is 9.34. The Labute approximate surface area is 186 Å². The molecular formula is C25H24N4O3. The standard InChI is InChI=1S/C25H24N4O3/c1-17(18-11-13-26-14-12-18)27-25(30)22-16-29(19-7-5-4-6-8-19)28-24(22)21-10-9-20(31-2)15-23(21)32-3/h4-17H,1-3H3,(H,27,30). The molecule has 0 saturated carbocycles. The number of rotatable bonds is 7. The van der Waals surface area contributed by atoms with Gasteiger partial charge in [-0.15, -0.1) is 0 Å². The molecule has 2 aromatic carbocycles. The Morgan fingerprint density at radius 1 is 1.00 bits per heavy atom. The van der Waals surface area contributed by atoms with Crippen LogP contribution in [-0.2, 0) is 0 Å². The van der Waals surface area contributed by atoms with E-state index in [9.17, 15) is 4.79 Å². The van der Waals surface area contributed by atoms with Gasteiger partial charge in [-0.25, -0.2) is 4.68 Å². The van der Waals surface area contributed by atoms with E-state index in [0.29, 0.717) is 28.3 Å². The van der Waals surface area contributed by atoms with Crippen LogP contribution in [0.15, 0.2) is 79.3 Å². The summed E-state index contributed by atoms with van der Waals surface area (Å²) in [5.41, 5.74) is 3.48. The van der Waals surface area contributed by atoms with Crippen LogP contribution in [0.4, 0.5) is 0 Å². The fourth-order valence-electron chi connectivity index (χ4n) is 3.46. The molecule has 0 aliphatic heterocycles. The lowest BCUT2D eigenvalue weighted by Gasteiger charge is -2.14. The minimum absolute atomic E-state index is 0.198. The Balaban J connectivity index is 1.77. The number of nitrogens with one attached hydrogen (secondary N) is 1. The summed E-state index contributed by atoms with van der Waals surface area (Å²) in [6.07, 6.45) is 5.15. The minimum Gasteiger partial charge on any atom is -0.497 e. The number of hydrogen-bond acceptors (Lipinski definition) is 5. The molecule has 7 heteroatoms. The van der Waals surface area contributed by atoms with Crippen LogP contribution in [0.1, 0.15) is 28.9 Å². The van der Waals surface area contributed by atoms with Crippen LogP contribution in [0.3, 0.4) is 0 Å². The third-order valence-corrected chi connectivity index (χ3v) is 5.20. The maximum atomic E-state index is 13.3. The molecule has 0 saturated heterocycles. The van der Waals surface area contributed by atoms with Gasteiger partial charge in [0.1, 0.15) is 17.2 Å². The first-order chi connectivity index (χ1) is 15.6. The van der Waals surface area contributed by atoms with Crippen molar-refractivity contribution < 1.29 is 14.3 Å². The molecule has 1 unspecified atom stereocenters. The molecule has 1 N–H and O–H groups in total. The van der Waals surface area contributed by atoms with Gasteiger partial charge in [0.25, 0.3) is 5.91 Å². The molecule has 32 heavy (non-hydrogen) atoms. The van der Waals surface area contributed by atoms with E-state index >= 15 is 0 Å². The van der Waals surface area contributed by atoms with Gasteiger partial charge in [0.05, 0.1) is 31.5 Å². The maximum Gasteiger partial charge on any atom is 0.255 e. The van der Waals surface area contributed by atoms with Crippen molar-refractivity contribution in [2.24, 2.45) is 0 Å². The first-order valence-corrected chi connectivity index (χ1v) is 10.2. The number of benzene rings is 2. The van der Waals surface area contributed by atoms with Crippen molar-refractivity contribution in [3.63, 3.8) is 0 Å². The van der Waals surface area contributed by atoms with Crippen LogP contribution in [0.2, 0.25) is 0 Å². The highest BCUT2D eigenvalue weighted by atomic mass is 16.5. The first-order valence-electron chi connectivity index (χ1n) is 10.2. The Morgan fingerprint density at radius 3 is 2.44 bits per heavy atom. The summed E-state index contributed by atoms with van der Waals surface area (Å²) >= 11 is 0. The Kier molecular flexibility index (Phi) is 6.17. The molecule has 2 aromatic heterocycles. The van der Waals surface area contributed by atoms with Crippen molar-refractivity contribution in [1.82, 2.24) is 20.1 Å². The lowest BCUT2D eigenvalue weighted by atomic mass is 10.1. The molecule has 0 radical (unpaired) electrons. The molecule has 0 aliphatic carbocycles. The van der Waals surface area contributed by atoms with Crippen molar-refractivity contribution in [1.29, 1.82) is 0 Å². The van der Waals surface area contributed by atoms with E-state index < -0.39 is 0 Å². The zero-order chi connectivity index (χ0) is 22.5. The number of para-hydroxylation sites is 1. The molecule has 0 bridgehead atoms. The summed E-state index contributed by atoms with van der Waals surface area (Å²) < 4.78 is 12.6. The fourth-order valence-corrected chi connectivity index (χ4v) is 3.46. The zero-order valence-electron chi connectivity index (χ0n) is 18.1. The molecule has 4 aromatic rings. The van der Waals surface area contributed by atoms with Gasteiger partial charge in [-0.3, -0.25) is 9.78 Å². The van der Waals surface area contributed by atoms with Crippen LogP contribution in [0.25, 0.3) is 16.9 Å². The second-order valence-electron chi connectivity index (χ2n) is 7.21. The Morgan fingerprint density at radius 2 is 1.75 bits per heavy atom. The van der Waals surface area contributed by atoms with Crippen LogP contribution in [0.5, 0.6) is 11.5 Å². The molecule has 1 amide bonds. The molecule has 1 atom stereocenters. The van der Waals surface area contributed by atoms with Gasteiger partial charge in [-0.1, -0.05) is 18.2 Å². The van der Waals surface area contributed by atoms with E-state index in [2.05, 4.69) is 10.3 Å². The maximum absolute atomic E-state index is 13.3. The van der Waals surface area contributed by atoms with E-state index in [4.69, 9.17) is 14.6 Å². The average Bonchev–Trinajstić information content (AvgIpc) is 3.30. The van der Waals surface area contributed by atoms with Crippen LogP contribution in [0, 0.1) is 0 Å². The monoisotopic (exact) mass is 428 g/mol. The molecule has 0 fully saturated rings. The number of aromatic nitrogens is 3. The van der Waals surface area contributed by atoms with E-state index in [0.717, 1.165) is 11.3 Å². The normalized spacial score (nSPS) is 11.6. The molecule has 2 heterocycles. The SMILES string of the molecule is COc1ccc(-c2nn(-c3ccccc3)cc2C(=O)NC(C)c2ccncc2)c(OC)c1. The largest absolute Gasteiger partial charge is 0.497 e. The lowest BCUT2D eigenvalue weighted by molar-refractivity contribution is 0.0940. The summed E-state index contributed by atoms with van der Waals surface area (Å²) in [7, 11) is 3.18. The van der Waals surface area contributed by atoms with Crippen molar-refractivity contribution >= 4 is 5.91 Å². The van der Waals surface area contributed by atoms with Gasteiger partial charge in [0.15, 0.2) is 0 Å². The molecule has 7 nitrogen and oxygen atoms in total. The Bertz CT molecular complexity index is 1210. The molecular weight excluding hydrogens is 404 g/mol. The van der Waals surface area contributed by atoms with E-state index in [1.54, 1.807) is 43.6 Å². The molecule has 162 valence electrons. The number of carbonyl (C=O) groups is 1. The fraction of sp³-hybridized carbons (Fsp3) is 0.160. The van der Waals surface area contributed by atoms with Gasteiger partial charge in [0.2, 0.25) is 0 Å². The van der Waals surface area contributed by atoms with Crippen molar-refractivity contribution in [2.45, 2.75) is 13.0 Å². The number of methoxy groups -OCH3 is 2. The summed E-state index contributed by atoms with van der Waals surface area (Å²) in [5.74, 6) is 0.994. The number of pyridine rings is 1. The van der Waals surface area contributed by atoms with Gasteiger partial charge in [0, 0.05) is 30.2 Å². The highest BCUT2D eigenvalue weighted by molar-refractivity contribution is 6.00. The molecule has 0 spiro atoms. The van der Waals surface area contributed by atoms with E-state index in [-0.39, 0.29) is 11.9 Å².